The van der Waals surface area contributed by atoms with Crippen molar-refractivity contribution in [1.29, 1.82) is 0 Å². The molecule has 3 aromatic carbocycles. The van der Waals surface area contributed by atoms with Crippen LogP contribution in [0.2, 0.25) is 0 Å². The topological polar surface area (TPSA) is 118 Å². The highest BCUT2D eigenvalue weighted by Crippen LogP contribution is 2.26. The summed E-state index contributed by atoms with van der Waals surface area (Å²) in [6.45, 7) is 1.91. The van der Waals surface area contributed by atoms with Crippen molar-refractivity contribution in [3.8, 4) is 11.5 Å². The predicted octanol–water partition coefficient (Wildman–Crippen LogP) is 4.08. The van der Waals surface area contributed by atoms with E-state index in [1.165, 1.54) is 0 Å². The number of aryl methyl sites for hydroxylation is 2. The lowest BCUT2D eigenvalue weighted by molar-refractivity contribution is -0.134. The molecule has 2 aliphatic heterocycles. The van der Waals surface area contributed by atoms with Crippen LogP contribution in [0.1, 0.15) is 47.9 Å². The van der Waals surface area contributed by atoms with E-state index in [2.05, 4.69) is 25.9 Å². The van der Waals surface area contributed by atoms with E-state index in [1.54, 1.807) is 10.9 Å². The molecule has 3 atom stereocenters. The van der Waals surface area contributed by atoms with Crippen LogP contribution in [-0.4, -0.2) is 63.6 Å². The molecule has 3 heterocycles. The Kier molecular flexibility index (Phi) is 10.8. The first-order valence-electron chi connectivity index (χ1n) is 16.9. The second kappa shape index (κ2) is 15.8. The highest BCUT2D eigenvalue weighted by Gasteiger charge is 2.32. The molecule has 6 rings (SSSR count). The molecular formula is C38H44N6O4. The van der Waals surface area contributed by atoms with Gasteiger partial charge in [0.1, 0.15) is 23.6 Å². The molecule has 250 valence electrons. The number of ether oxygens (including phenoxy) is 1. The molecule has 3 N–H and O–H groups in total. The van der Waals surface area contributed by atoms with E-state index in [9.17, 15) is 14.4 Å². The van der Waals surface area contributed by atoms with Gasteiger partial charge in [-0.05, 0) is 86.1 Å². The maximum Gasteiger partial charge on any atom is 0.243 e. The molecule has 0 spiro atoms. The van der Waals surface area contributed by atoms with Gasteiger partial charge < -0.3 is 20.7 Å². The number of rotatable bonds is 7. The summed E-state index contributed by atoms with van der Waals surface area (Å²) >= 11 is 0. The van der Waals surface area contributed by atoms with Gasteiger partial charge in [-0.15, -0.1) is 0 Å². The van der Waals surface area contributed by atoms with Crippen LogP contribution in [0.4, 0.5) is 0 Å². The van der Waals surface area contributed by atoms with E-state index in [1.807, 2.05) is 92.1 Å². The van der Waals surface area contributed by atoms with Crippen LogP contribution in [-0.2, 0) is 47.2 Å². The van der Waals surface area contributed by atoms with Crippen molar-refractivity contribution in [1.82, 2.24) is 30.6 Å². The molecule has 2 aliphatic rings. The maximum atomic E-state index is 14.2. The molecule has 3 amide bonds. The fourth-order valence-corrected chi connectivity index (χ4v) is 6.53. The van der Waals surface area contributed by atoms with Crippen LogP contribution in [0, 0.1) is 0 Å². The molecule has 10 heteroatoms. The number of nitrogens with zero attached hydrogens (tertiary/aromatic N) is 3. The van der Waals surface area contributed by atoms with Gasteiger partial charge in [0.2, 0.25) is 17.7 Å². The molecule has 4 bridgehead atoms. The Morgan fingerprint density at radius 2 is 1.56 bits per heavy atom. The second-order valence-electron chi connectivity index (χ2n) is 12.8. The summed E-state index contributed by atoms with van der Waals surface area (Å²) in [6, 6.07) is 23.2. The SMILES string of the molecule is Cn1cc(CNC(=O)[C@@H]2Cc3cccc(c3)Oc3cccc(c3)CC(N3CCCCC3)C(=O)N[C@@H](CCc3ccccc3)C(=O)N2)cn1. The minimum absolute atomic E-state index is 0.189. The van der Waals surface area contributed by atoms with Crippen LogP contribution in [0.5, 0.6) is 11.5 Å². The molecule has 1 aromatic heterocycles. The number of hydrogen-bond donors (Lipinski definition) is 3. The van der Waals surface area contributed by atoms with Crippen molar-refractivity contribution in [2.75, 3.05) is 13.1 Å². The van der Waals surface area contributed by atoms with E-state index in [-0.39, 0.29) is 30.7 Å². The van der Waals surface area contributed by atoms with E-state index < -0.39 is 18.1 Å². The van der Waals surface area contributed by atoms with Crippen molar-refractivity contribution < 1.29 is 19.1 Å². The lowest BCUT2D eigenvalue weighted by Crippen LogP contribution is -2.58. The van der Waals surface area contributed by atoms with Crippen molar-refractivity contribution in [2.24, 2.45) is 7.05 Å². The number of fused-ring (bicyclic) bond motifs is 4. The first-order valence-corrected chi connectivity index (χ1v) is 16.9. The fourth-order valence-electron chi connectivity index (χ4n) is 6.53. The molecule has 10 nitrogen and oxygen atoms in total. The number of carbonyl (C=O) groups is 3. The van der Waals surface area contributed by atoms with Gasteiger partial charge in [-0.25, -0.2) is 0 Å². The Hall–Kier alpha value is -4.96. The summed E-state index contributed by atoms with van der Waals surface area (Å²) < 4.78 is 7.95. The normalized spacial score (nSPS) is 20.6. The summed E-state index contributed by atoms with van der Waals surface area (Å²) in [4.78, 5) is 44.3. The molecule has 1 fully saturated rings. The van der Waals surface area contributed by atoms with Crippen molar-refractivity contribution in [2.45, 2.75) is 69.6 Å². The third kappa shape index (κ3) is 8.89. The molecule has 1 saturated heterocycles. The van der Waals surface area contributed by atoms with Crippen molar-refractivity contribution in [3.63, 3.8) is 0 Å². The molecule has 1 unspecified atom stereocenters. The minimum atomic E-state index is -0.894. The van der Waals surface area contributed by atoms with Crippen LogP contribution in [0.25, 0.3) is 0 Å². The predicted molar refractivity (Wildman–Crippen MR) is 183 cm³/mol. The van der Waals surface area contributed by atoms with Crippen LogP contribution < -0.4 is 20.7 Å². The Balaban J connectivity index is 1.33. The molecule has 0 radical (unpaired) electrons. The number of nitrogens with one attached hydrogen (secondary N) is 3. The van der Waals surface area contributed by atoms with Crippen LogP contribution in [0.3, 0.4) is 0 Å². The summed E-state index contributed by atoms with van der Waals surface area (Å²) in [7, 11) is 1.82. The Labute approximate surface area is 281 Å². The van der Waals surface area contributed by atoms with Crippen LogP contribution in [0.15, 0.2) is 91.3 Å². The summed E-state index contributed by atoms with van der Waals surface area (Å²) in [5.41, 5.74) is 3.73. The van der Waals surface area contributed by atoms with E-state index in [4.69, 9.17) is 4.74 Å². The Morgan fingerprint density at radius 1 is 0.854 bits per heavy atom. The monoisotopic (exact) mass is 648 g/mol. The number of hydrogen-bond acceptors (Lipinski definition) is 6. The van der Waals surface area contributed by atoms with Crippen molar-refractivity contribution >= 4 is 17.7 Å². The smallest absolute Gasteiger partial charge is 0.243 e. The second-order valence-corrected chi connectivity index (χ2v) is 12.8. The first kappa shape index (κ1) is 33.0. The van der Waals surface area contributed by atoms with Gasteiger partial charge in [0.15, 0.2) is 0 Å². The zero-order chi connectivity index (χ0) is 33.3. The summed E-state index contributed by atoms with van der Waals surface area (Å²) in [6.07, 6.45) is 8.41. The number of piperidine rings is 1. The van der Waals surface area contributed by atoms with Gasteiger partial charge in [-0.2, -0.15) is 5.10 Å². The molecular weight excluding hydrogens is 604 g/mol. The van der Waals surface area contributed by atoms with Gasteiger partial charge in [0, 0.05) is 31.8 Å². The van der Waals surface area contributed by atoms with Gasteiger partial charge in [-0.1, -0.05) is 61.0 Å². The van der Waals surface area contributed by atoms with Crippen LogP contribution >= 0.6 is 0 Å². The Bertz CT molecular complexity index is 1700. The zero-order valence-electron chi connectivity index (χ0n) is 27.4. The van der Waals surface area contributed by atoms with E-state index in [0.29, 0.717) is 30.8 Å². The van der Waals surface area contributed by atoms with E-state index >= 15 is 0 Å². The minimum Gasteiger partial charge on any atom is -0.457 e. The lowest BCUT2D eigenvalue weighted by atomic mass is 9.98. The molecule has 48 heavy (non-hydrogen) atoms. The van der Waals surface area contributed by atoms with Gasteiger partial charge in [0.25, 0.3) is 0 Å². The average molecular weight is 649 g/mol. The fraction of sp³-hybridized carbons (Fsp3) is 0.368. The number of aromatic nitrogens is 2. The highest BCUT2D eigenvalue weighted by molar-refractivity contribution is 5.93. The number of carbonyl (C=O) groups excluding carboxylic acids is 3. The third-order valence-electron chi connectivity index (χ3n) is 9.09. The Morgan fingerprint density at radius 3 is 2.25 bits per heavy atom. The average Bonchev–Trinajstić information content (AvgIpc) is 3.53. The third-order valence-corrected chi connectivity index (χ3v) is 9.09. The number of amides is 3. The van der Waals surface area contributed by atoms with Gasteiger partial charge in [0.05, 0.1) is 12.2 Å². The van der Waals surface area contributed by atoms with Crippen molar-refractivity contribution in [3.05, 3.63) is 114 Å². The maximum absolute atomic E-state index is 14.2. The number of likely N-dealkylation sites (tertiary alicyclic amines) is 1. The summed E-state index contributed by atoms with van der Waals surface area (Å²) in [5, 5.41) is 13.3. The summed E-state index contributed by atoms with van der Waals surface area (Å²) in [5.74, 6) is 0.399. The molecule has 0 saturated carbocycles. The van der Waals surface area contributed by atoms with Gasteiger partial charge in [-0.3, -0.25) is 24.0 Å². The largest absolute Gasteiger partial charge is 0.457 e. The molecule has 0 aliphatic carbocycles. The first-order chi connectivity index (χ1) is 23.4. The highest BCUT2D eigenvalue weighted by atomic mass is 16.5. The molecule has 4 aromatic rings. The quantitative estimate of drug-likeness (QED) is 0.278. The van der Waals surface area contributed by atoms with E-state index in [0.717, 1.165) is 54.6 Å². The number of benzene rings is 3. The zero-order valence-corrected chi connectivity index (χ0v) is 27.4. The lowest BCUT2D eigenvalue weighted by Gasteiger charge is -2.35. The van der Waals surface area contributed by atoms with Gasteiger partial charge >= 0.3 is 0 Å². The standard InChI is InChI=1S/C38H44N6O4/c1-43-26-30(25-40-43)24-39-36(45)34-22-28-12-8-14-31(20-28)48-32-15-9-13-29(21-32)23-35(44-18-6-3-7-19-44)38(47)41-33(37(46)42-34)17-16-27-10-4-2-5-11-27/h2,4-5,8-15,20-21,25-26,33-35H,3,6-7,16-19,22-24H2,1H3,(H,39,45)(H,41,47)(H,42,46)/t33-,34-,35?/m0/s1.